The third-order valence-electron chi connectivity index (χ3n) is 4.38. The molecule has 104 valence electrons. The Morgan fingerprint density at radius 3 is 2.75 bits per heavy atom. The van der Waals surface area contributed by atoms with Crippen molar-refractivity contribution in [3.05, 3.63) is 36.1 Å². The largest absolute Gasteiger partial charge is 0.464 e. The van der Waals surface area contributed by atoms with Crippen molar-refractivity contribution in [2.45, 2.75) is 31.7 Å². The highest BCUT2D eigenvalue weighted by atomic mass is 16.3. The lowest BCUT2D eigenvalue weighted by atomic mass is 10.1. The molecule has 2 aliphatic carbocycles. The molecule has 1 aromatic carbocycles. The number of hydrogen-bond acceptors (Lipinski definition) is 3. The van der Waals surface area contributed by atoms with E-state index in [2.05, 4.69) is 4.90 Å². The molecule has 4 rings (SSSR count). The molecule has 3 heteroatoms. The van der Waals surface area contributed by atoms with Crippen LogP contribution in [0.5, 0.6) is 0 Å². The lowest BCUT2D eigenvalue weighted by Crippen LogP contribution is -2.33. The quantitative estimate of drug-likeness (QED) is 0.753. The molecule has 0 aliphatic heterocycles. The summed E-state index contributed by atoms with van der Waals surface area (Å²) < 4.78 is 5.48. The SMILES string of the molecule is O=C(CN(CC1CC1)C1CC1)c1coc2ccccc12. The van der Waals surface area contributed by atoms with Crippen LogP contribution in [0.3, 0.4) is 0 Å². The van der Waals surface area contributed by atoms with Gasteiger partial charge in [0.2, 0.25) is 0 Å². The Bertz CT molecular complexity index is 637. The number of ketones is 1. The summed E-state index contributed by atoms with van der Waals surface area (Å²) in [6.45, 7) is 1.65. The summed E-state index contributed by atoms with van der Waals surface area (Å²) >= 11 is 0. The summed E-state index contributed by atoms with van der Waals surface area (Å²) in [7, 11) is 0. The fraction of sp³-hybridized carbons (Fsp3) is 0.471. The molecule has 0 amide bonds. The number of rotatable bonds is 6. The van der Waals surface area contributed by atoms with Gasteiger partial charge < -0.3 is 4.42 Å². The van der Waals surface area contributed by atoms with Crippen molar-refractivity contribution in [3.8, 4) is 0 Å². The highest BCUT2D eigenvalue weighted by Crippen LogP contribution is 2.35. The molecule has 20 heavy (non-hydrogen) atoms. The topological polar surface area (TPSA) is 33.5 Å². The summed E-state index contributed by atoms with van der Waals surface area (Å²) in [4.78, 5) is 15.0. The fourth-order valence-electron chi connectivity index (χ4n) is 2.88. The van der Waals surface area contributed by atoms with Gasteiger partial charge in [0.25, 0.3) is 0 Å². The first-order valence-corrected chi connectivity index (χ1v) is 7.55. The van der Waals surface area contributed by atoms with Crippen molar-refractivity contribution in [3.63, 3.8) is 0 Å². The fourth-order valence-corrected chi connectivity index (χ4v) is 2.88. The number of nitrogens with zero attached hydrogens (tertiary/aromatic N) is 1. The van der Waals surface area contributed by atoms with Crippen molar-refractivity contribution in [1.82, 2.24) is 4.90 Å². The number of carbonyl (C=O) groups excluding carboxylic acids is 1. The van der Waals surface area contributed by atoms with Gasteiger partial charge in [0.1, 0.15) is 11.8 Å². The Hall–Kier alpha value is -1.61. The number of Topliss-reactive ketones (excluding diaryl/α,β-unsaturated/α-hetero) is 1. The van der Waals surface area contributed by atoms with E-state index in [1.807, 2.05) is 24.3 Å². The number of para-hydroxylation sites is 1. The number of benzene rings is 1. The number of hydrogen-bond donors (Lipinski definition) is 0. The first-order chi connectivity index (χ1) is 9.81. The number of fused-ring (bicyclic) bond motifs is 1. The Balaban J connectivity index is 1.53. The van der Waals surface area contributed by atoms with Crippen LogP contribution in [0.1, 0.15) is 36.0 Å². The number of furan rings is 1. The maximum absolute atomic E-state index is 12.6. The first-order valence-electron chi connectivity index (χ1n) is 7.55. The third-order valence-corrected chi connectivity index (χ3v) is 4.38. The van der Waals surface area contributed by atoms with Gasteiger partial charge in [-0.05, 0) is 37.7 Å². The van der Waals surface area contributed by atoms with Gasteiger partial charge in [-0.1, -0.05) is 18.2 Å². The molecule has 0 N–H and O–H groups in total. The maximum Gasteiger partial charge on any atom is 0.180 e. The monoisotopic (exact) mass is 269 g/mol. The van der Waals surface area contributed by atoms with Crippen LogP contribution in [0.4, 0.5) is 0 Å². The van der Waals surface area contributed by atoms with E-state index in [0.29, 0.717) is 12.6 Å². The van der Waals surface area contributed by atoms with Gasteiger partial charge in [-0.25, -0.2) is 0 Å². The zero-order chi connectivity index (χ0) is 13.5. The summed E-state index contributed by atoms with van der Waals surface area (Å²) in [5.74, 6) is 1.03. The Morgan fingerprint density at radius 1 is 1.20 bits per heavy atom. The minimum Gasteiger partial charge on any atom is -0.464 e. The second-order valence-electron chi connectivity index (χ2n) is 6.17. The highest BCUT2D eigenvalue weighted by molar-refractivity contribution is 6.08. The van der Waals surface area contributed by atoms with Gasteiger partial charge in [-0.15, -0.1) is 0 Å². The highest BCUT2D eigenvalue weighted by Gasteiger charge is 2.34. The van der Waals surface area contributed by atoms with Crippen LogP contribution in [0.25, 0.3) is 11.0 Å². The minimum atomic E-state index is 0.197. The van der Waals surface area contributed by atoms with E-state index in [0.717, 1.165) is 29.0 Å². The molecule has 0 radical (unpaired) electrons. The predicted molar refractivity (Wildman–Crippen MR) is 77.9 cm³/mol. The molecule has 1 aromatic heterocycles. The lowest BCUT2D eigenvalue weighted by Gasteiger charge is -2.20. The molecule has 3 nitrogen and oxygen atoms in total. The molecule has 0 unspecified atom stereocenters. The third kappa shape index (κ3) is 2.38. The lowest BCUT2D eigenvalue weighted by molar-refractivity contribution is 0.0922. The zero-order valence-corrected chi connectivity index (χ0v) is 11.5. The van der Waals surface area contributed by atoms with Gasteiger partial charge in [0.05, 0.1) is 12.1 Å². The molecule has 2 aliphatic rings. The van der Waals surface area contributed by atoms with E-state index in [1.165, 1.54) is 25.7 Å². The summed E-state index contributed by atoms with van der Waals surface area (Å²) in [6.07, 6.45) is 6.81. The zero-order valence-electron chi connectivity index (χ0n) is 11.5. The van der Waals surface area contributed by atoms with Gasteiger partial charge in [0.15, 0.2) is 5.78 Å². The van der Waals surface area contributed by atoms with Crippen molar-refractivity contribution in [2.75, 3.05) is 13.1 Å². The van der Waals surface area contributed by atoms with Crippen LogP contribution in [0, 0.1) is 5.92 Å². The van der Waals surface area contributed by atoms with Crippen LogP contribution >= 0.6 is 0 Å². The molecule has 0 spiro atoms. The van der Waals surface area contributed by atoms with Crippen LogP contribution < -0.4 is 0 Å². The van der Waals surface area contributed by atoms with Gasteiger partial charge in [0, 0.05) is 18.0 Å². The first kappa shape index (κ1) is 12.2. The summed E-state index contributed by atoms with van der Waals surface area (Å²) in [5, 5.41) is 0.944. The minimum absolute atomic E-state index is 0.197. The normalized spacial score (nSPS) is 18.9. The Morgan fingerprint density at radius 2 is 2.00 bits per heavy atom. The summed E-state index contributed by atoms with van der Waals surface area (Å²) in [6, 6.07) is 8.42. The van der Waals surface area contributed by atoms with E-state index in [1.54, 1.807) is 6.26 Å². The van der Waals surface area contributed by atoms with Crippen molar-refractivity contribution in [2.24, 2.45) is 5.92 Å². The number of carbonyl (C=O) groups is 1. The van der Waals surface area contributed by atoms with Crippen LogP contribution in [-0.4, -0.2) is 29.8 Å². The van der Waals surface area contributed by atoms with E-state index in [9.17, 15) is 4.79 Å². The van der Waals surface area contributed by atoms with Crippen LogP contribution in [0.15, 0.2) is 34.9 Å². The molecule has 2 aromatic rings. The second-order valence-corrected chi connectivity index (χ2v) is 6.17. The van der Waals surface area contributed by atoms with E-state index >= 15 is 0 Å². The maximum atomic E-state index is 12.6. The standard InChI is InChI=1S/C17H19NO2/c19-16(10-18(13-7-8-13)9-12-5-6-12)15-11-20-17-4-2-1-3-14(15)17/h1-4,11-13H,5-10H2. The van der Waals surface area contributed by atoms with Gasteiger partial charge in [-0.2, -0.15) is 0 Å². The molecule has 1 heterocycles. The Labute approximate surface area is 118 Å². The van der Waals surface area contributed by atoms with E-state index in [-0.39, 0.29) is 5.78 Å². The average molecular weight is 269 g/mol. The van der Waals surface area contributed by atoms with Gasteiger partial charge >= 0.3 is 0 Å². The Kier molecular flexibility index (Phi) is 2.88. The molecular weight excluding hydrogens is 250 g/mol. The molecule has 2 fully saturated rings. The molecule has 2 saturated carbocycles. The van der Waals surface area contributed by atoms with Crippen molar-refractivity contribution >= 4 is 16.8 Å². The molecular formula is C17H19NO2. The smallest absolute Gasteiger partial charge is 0.180 e. The summed E-state index contributed by atoms with van der Waals surface area (Å²) in [5.41, 5.74) is 1.54. The van der Waals surface area contributed by atoms with Crippen LogP contribution in [0.2, 0.25) is 0 Å². The molecule has 0 saturated heterocycles. The van der Waals surface area contributed by atoms with Crippen LogP contribution in [-0.2, 0) is 0 Å². The predicted octanol–water partition coefficient (Wildman–Crippen LogP) is 3.49. The van der Waals surface area contributed by atoms with E-state index in [4.69, 9.17) is 4.42 Å². The molecule has 0 bridgehead atoms. The molecule has 0 atom stereocenters. The van der Waals surface area contributed by atoms with E-state index < -0.39 is 0 Å². The van der Waals surface area contributed by atoms with Crippen molar-refractivity contribution < 1.29 is 9.21 Å². The second kappa shape index (κ2) is 4.74. The average Bonchev–Trinajstić information content (AvgIpc) is 3.36. The van der Waals surface area contributed by atoms with Gasteiger partial charge in [-0.3, -0.25) is 9.69 Å². The van der Waals surface area contributed by atoms with Crippen molar-refractivity contribution in [1.29, 1.82) is 0 Å².